The largest absolute Gasteiger partial charge is 0.311 e. The van der Waals surface area contributed by atoms with E-state index < -0.39 is 0 Å². The van der Waals surface area contributed by atoms with E-state index in [-0.39, 0.29) is 6.04 Å². The minimum Gasteiger partial charge on any atom is -0.311 e. The molecule has 1 atom stereocenters. The second-order valence-electron chi connectivity index (χ2n) is 4.68. The summed E-state index contributed by atoms with van der Waals surface area (Å²) < 4.78 is 0. The molecule has 0 aliphatic heterocycles. The van der Waals surface area contributed by atoms with E-state index in [1.54, 1.807) is 0 Å². The van der Waals surface area contributed by atoms with Crippen LogP contribution in [0.15, 0.2) is 60.7 Å². The Bertz CT molecular complexity index is 453. The van der Waals surface area contributed by atoms with Crippen molar-refractivity contribution in [1.82, 2.24) is 10.6 Å². The molecule has 1 unspecified atom stereocenters. The van der Waals surface area contributed by atoms with Gasteiger partial charge in [0.25, 0.3) is 0 Å². The van der Waals surface area contributed by atoms with Crippen molar-refractivity contribution in [1.29, 1.82) is 0 Å². The van der Waals surface area contributed by atoms with Crippen molar-refractivity contribution in [2.45, 2.75) is 19.1 Å². The fourth-order valence-electron chi connectivity index (χ4n) is 1.92. The van der Waals surface area contributed by atoms with Crippen molar-refractivity contribution >= 4 is 0 Å². The lowest BCUT2D eigenvalue weighted by Gasteiger charge is -2.14. The highest BCUT2D eigenvalue weighted by molar-refractivity contribution is 5.15. The summed E-state index contributed by atoms with van der Waals surface area (Å²) in [6, 6.07) is 21.0. The maximum Gasteiger partial charge on any atom is 0.0208 e. The monoisotopic (exact) mass is 253 g/mol. The van der Waals surface area contributed by atoms with Crippen molar-refractivity contribution in [3.63, 3.8) is 0 Å². The second kappa shape index (κ2) is 7.72. The van der Waals surface area contributed by atoms with Crippen LogP contribution in [-0.2, 0) is 13.1 Å². The first-order valence-corrected chi connectivity index (χ1v) is 6.69. The van der Waals surface area contributed by atoms with E-state index >= 15 is 0 Å². The normalized spacial score (nSPS) is 12.3. The van der Waals surface area contributed by atoms with Gasteiger partial charge in [-0.05, 0) is 18.1 Å². The molecule has 0 aliphatic carbocycles. The Hall–Kier alpha value is -1.64. The predicted octanol–water partition coefficient (Wildman–Crippen LogP) is 2.77. The van der Waals surface area contributed by atoms with Crippen LogP contribution in [0.5, 0.6) is 0 Å². The van der Waals surface area contributed by atoms with Gasteiger partial charge in [-0.1, -0.05) is 60.7 Å². The third kappa shape index (κ3) is 5.25. The Morgan fingerprint density at radius 3 is 1.89 bits per heavy atom. The van der Waals surface area contributed by atoms with E-state index in [2.05, 4.69) is 66.1 Å². The van der Waals surface area contributed by atoms with Crippen molar-refractivity contribution in [3.8, 4) is 0 Å². The molecule has 2 aromatic carbocycles. The molecule has 0 aliphatic rings. The molecule has 99 valence electrons. The van der Waals surface area contributed by atoms with Gasteiger partial charge in [0.05, 0.1) is 0 Å². The molecule has 1 radical (unpaired) electrons. The van der Waals surface area contributed by atoms with E-state index in [4.69, 9.17) is 0 Å². The van der Waals surface area contributed by atoms with Gasteiger partial charge in [0, 0.05) is 25.7 Å². The summed E-state index contributed by atoms with van der Waals surface area (Å²) in [5, 5.41) is 6.82. The Morgan fingerprint density at radius 2 is 1.32 bits per heavy atom. The number of hydrogen-bond donors (Lipinski definition) is 2. The molecular formula is C17H21N2. The maximum atomic E-state index is 4.11. The SMILES string of the molecule is [CH2]C(CNCc1ccccc1)NCc1ccccc1. The minimum atomic E-state index is 0.212. The molecule has 2 N–H and O–H groups in total. The molecule has 0 saturated carbocycles. The van der Waals surface area contributed by atoms with Crippen LogP contribution >= 0.6 is 0 Å². The number of rotatable bonds is 7. The molecule has 0 saturated heterocycles. The van der Waals surface area contributed by atoms with E-state index in [9.17, 15) is 0 Å². The van der Waals surface area contributed by atoms with E-state index in [0.29, 0.717) is 0 Å². The molecule has 2 aromatic rings. The van der Waals surface area contributed by atoms with Crippen LogP contribution in [-0.4, -0.2) is 12.6 Å². The zero-order valence-electron chi connectivity index (χ0n) is 11.2. The topological polar surface area (TPSA) is 24.1 Å². The van der Waals surface area contributed by atoms with Crippen molar-refractivity contribution in [2.24, 2.45) is 0 Å². The zero-order chi connectivity index (χ0) is 13.3. The van der Waals surface area contributed by atoms with Gasteiger partial charge in [-0.2, -0.15) is 0 Å². The van der Waals surface area contributed by atoms with Crippen LogP contribution in [0.25, 0.3) is 0 Å². The molecule has 19 heavy (non-hydrogen) atoms. The molecule has 2 nitrogen and oxygen atoms in total. The molecule has 0 amide bonds. The first kappa shape index (κ1) is 13.8. The quantitative estimate of drug-likeness (QED) is 0.793. The van der Waals surface area contributed by atoms with Crippen LogP contribution in [0.4, 0.5) is 0 Å². The van der Waals surface area contributed by atoms with Crippen LogP contribution < -0.4 is 10.6 Å². The molecule has 0 heterocycles. The van der Waals surface area contributed by atoms with Crippen molar-refractivity contribution in [2.75, 3.05) is 6.54 Å². The van der Waals surface area contributed by atoms with Gasteiger partial charge in [0.1, 0.15) is 0 Å². The third-order valence-corrected chi connectivity index (χ3v) is 3.00. The van der Waals surface area contributed by atoms with Crippen LogP contribution in [0, 0.1) is 6.92 Å². The highest BCUT2D eigenvalue weighted by Gasteiger charge is 2.01. The first-order chi connectivity index (χ1) is 9.34. The lowest BCUT2D eigenvalue weighted by Crippen LogP contribution is -2.35. The summed E-state index contributed by atoms with van der Waals surface area (Å²) >= 11 is 0. The molecule has 0 fully saturated rings. The van der Waals surface area contributed by atoms with E-state index in [0.717, 1.165) is 19.6 Å². The van der Waals surface area contributed by atoms with Crippen LogP contribution in [0.2, 0.25) is 0 Å². The van der Waals surface area contributed by atoms with Gasteiger partial charge < -0.3 is 10.6 Å². The fraction of sp³-hybridized carbons (Fsp3) is 0.235. The molecule has 0 spiro atoms. The summed E-state index contributed by atoms with van der Waals surface area (Å²) in [5.41, 5.74) is 2.59. The van der Waals surface area contributed by atoms with E-state index in [1.165, 1.54) is 11.1 Å². The first-order valence-electron chi connectivity index (χ1n) is 6.69. The Morgan fingerprint density at radius 1 is 0.789 bits per heavy atom. The van der Waals surface area contributed by atoms with Gasteiger partial charge in [-0.25, -0.2) is 0 Å². The summed E-state index contributed by atoms with van der Waals surface area (Å²) in [6.45, 7) is 6.73. The maximum absolute atomic E-state index is 4.11. The lowest BCUT2D eigenvalue weighted by atomic mass is 10.2. The number of benzene rings is 2. The summed E-state index contributed by atoms with van der Waals surface area (Å²) in [5.74, 6) is 0. The average molecular weight is 253 g/mol. The lowest BCUT2D eigenvalue weighted by molar-refractivity contribution is 0.534. The van der Waals surface area contributed by atoms with Crippen molar-refractivity contribution < 1.29 is 0 Å². The molecule has 2 heteroatoms. The standard InChI is InChI=1S/C17H21N2/c1-15(19-14-17-10-6-3-7-11-17)12-18-13-16-8-4-2-5-9-16/h2-11,15,18-19H,1,12-14H2. The second-order valence-corrected chi connectivity index (χ2v) is 4.68. The smallest absolute Gasteiger partial charge is 0.0208 e. The Kier molecular flexibility index (Phi) is 5.60. The van der Waals surface area contributed by atoms with Gasteiger partial charge >= 0.3 is 0 Å². The number of nitrogens with one attached hydrogen (secondary N) is 2. The molecule has 0 aromatic heterocycles. The van der Waals surface area contributed by atoms with Gasteiger partial charge in [0.2, 0.25) is 0 Å². The molecule has 2 rings (SSSR count). The summed E-state index contributed by atoms with van der Waals surface area (Å²) in [7, 11) is 0. The van der Waals surface area contributed by atoms with Gasteiger partial charge in [-0.3, -0.25) is 0 Å². The minimum absolute atomic E-state index is 0.212. The molecule has 0 bridgehead atoms. The van der Waals surface area contributed by atoms with Crippen molar-refractivity contribution in [3.05, 3.63) is 78.7 Å². The summed E-state index contributed by atoms with van der Waals surface area (Å²) in [4.78, 5) is 0. The zero-order valence-corrected chi connectivity index (χ0v) is 11.2. The average Bonchev–Trinajstić information content (AvgIpc) is 2.47. The fourth-order valence-corrected chi connectivity index (χ4v) is 1.92. The highest BCUT2D eigenvalue weighted by Crippen LogP contribution is 1.99. The molecular weight excluding hydrogens is 232 g/mol. The number of hydrogen-bond acceptors (Lipinski definition) is 2. The summed E-state index contributed by atoms with van der Waals surface area (Å²) in [6.07, 6.45) is 0. The van der Waals surface area contributed by atoms with Crippen LogP contribution in [0.1, 0.15) is 11.1 Å². The Labute approximate surface area is 115 Å². The van der Waals surface area contributed by atoms with Gasteiger partial charge in [0.15, 0.2) is 0 Å². The Balaban J connectivity index is 1.64. The van der Waals surface area contributed by atoms with E-state index in [1.807, 2.05) is 12.1 Å². The van der Waals surface area contributed by atoms with Gasteiger partial charge in [-0.15, -0.1) is 0 Å². The third-order valence-electron chi connectivity index (χ3n) is 3.00. The highest BCUT2D eigenvalue weighted by atomic mass is 15.0. The predicted molar refractivity (Wildman–Crippen MR) is 80.6 cm³/mol. The van der Waals surface area contributed by atoms with Crippen LogP contribution in [0.3, 0.4) is 0 Å².